The summed E-state index contributed by atoms with van der Waals surface area (Å²) in [4.78, 5) is 2.14. The summed E-state index contributed by atoms with van der Waals surface area (Å²) in [6.07, 6.45) is -3.48. The van der Waals surface area contributed by atoms with Crippen molar-refractivity contribution in [2.24, 2.45) is 0 Å². The van der Waals surface area contributed by atoms with Gasteiger partial charge in [-0.15, -0.1) is 0 Å². The molecule has 2 aromatic rings. The number of ether oxygens (including phenoxy) is 1. The fourth-order valence-electron chi connectivity index (χ4n) is 3.62. The van der Waals surface area contributed by atoms with Gasteiger partial charge in [0.25, 0.3) is 0 Å². The molecule has 0 aliphatic carbocycles. The Bertz CT molecular complexity index is 723. The van der Waals surface area contributed by atoms with Gasteiger partial charge in [-0.2, -0.15) is 13.2 Å². The molecule has 1 saturated heterocycles. The Labute approximate surface area is 158 Å². The molecule has 0 spiro atoms. The van der Waals surface area contributed by atoms with E-state index >= 15 is 0 Å². The molecule has 2 aromatic carbocycles. The monoisotopic (exact) mass is 378 g/mol. The van der Waals surface area contributed by atoms with Crippen LogP contribution in [-0.4, -0.2) is 37.7 Å². The molecule has 27 heavy (non-hydrogen) atoms. The van der Waals surface area contributed by atoms with Crippen LogP contribution >= 0.6 is 0 Å². The Balaban J connectivity index is 2.05. The zero-order valence-electron chi connectivity index (χ0n) is 15.4. The molecule has 0 amide bonds. The summed E-state index contributed by atoms with van der Waals surface area (Å²) in [5.74, 6) is 0.724. The standard InChI is InChI=1S/C21H25F3N2O/c1-2-27-17-10-8-16(9-11-17)20(26-14-5-12-25-13-15-26)18-6-3-4-7-19(18)21(22,23)24/h3-4,6-11,20,25H,2,5,12-15H2,1H3. The van der Waals surface area contributed by atoms with Crippen LogP contribution in [0.3, 0.4) is 0 Å². The van der Waals surface area contributed by atoms with Crippen molar-refractivity contribution in [1.82, 2.24) is 10.2 Å². The van der Waals surface area contributed by atoms with E-state index in [-0.39, 0.29) is 0 Å². The maximum atomic E-state index is 13.7. The molecule has 3 nitrogen and oxygen atoms in total. The molecule has 0 aromatic heterocycles. The molecule has 1 aliphatic heterocycles. The lowest BCUT2D eigenvalue weighted by Crippen LogP contribution is -2.34. The third kappa shape index (κ3) is 4.82. The summed E-state index contributed by atoms with van der Waals surface area (Å²) in [7, 11) is 0. The van der Waals surface area contributed by atoms with Crippen LogP contribution in [-0.2, 0) is 6.18 Å². The van der Waals surface area contributed by atoms with Crippen LogP contribution < -0.4 is 10.1 Å². The lowest BCUT2D eigenvalue weighted by molar-refractivity contribution is -0.138. The highest BCUT2D eigenvalue weighted by atomic mass is 19.4. The van der Waals surface area contributed by atoms with E-state index in [2.05, 4.69) is 10.2 Å². The number of rotatable bonds is 5. The lowest BCUT2D eigenvalue weighted by Gasteiger charge is -2.33. The summed E-state index contributed by atoms with van der Waals surface area (Å²) in [5, 5.41) is 3.32. The van der Waals surface area contributed by atoms with Crippen LogP contribution in [0.2, 0.25) is 0 Å². The van der Waals surface area contributed by atoms with E-state index in [0.717, 1.165) is 37.4 Å². The van der Waals surface area contributed by atoms with Crippen molar-refractivity contribution < 1.29 is 17.9 Å². The third-order valence-electron chi connectivity index (χ3n) is 4.81. The number of hydrogen-bond acceptors (Lipinski definition) is 3. The quantitative estimate of drug-likeness (QED) is 0.830. The molecule has 1 heterocycles. The summed E-state index contributed by atoms with van der Waals surface area (Å²) in [6.45, 7) is 5.55. The van der Waals surface area contributed by atoms with Crippen LogP contribution in [0.25, 0.3) is 0 Å². The number of halogens is 3. The Hall–Kier alpha value is -2.05. The first kappa shape index (κ1) is 19.7. The second kappa shape index (κ2) is 8.76. The molecule has 0 bridgehead atoms. The minimum absolute atomic E-state index is 0.302. The largest absolute Gasteiger partial charge is 0.494 e. The van der Waals surface area contributed by atoms with Crippen molar-refractivity contribution in [2.75, 3.05) is 32.8 Å². The smallest absolute Gasteiger partial charge is 0.416 e. The van der Waals surface area contributed by atoms with Crippen LogP contribution in [0.4, 0.5) is 13.2 Å². The van der Waals surface area contributed by atoms with E-state index in [9.17, 15) is 13.2 Å². The van der Waals surface area contributed by atoms with Crippen molar-refractivity contribution >= 4 is 0 Å². The van der Waals surface area contributed by atoms with E-state index < -0.39 is 17.8 Å². The Morgan fingerprint density at radius 3 is 2.48 bits per heavy atom. The van der Waals surface area contributed by atoms with Crippen LogP contribution in [0.5, 0.6) is 5.75 Å². The Kier molecular flexibility index (Phi) is 6.39. The van der Waals surface area contributed by atoms with Gasteiger partial charge in [-0.3, -0.25) is 4.90 Å². The molecule has 1 N–H and O–H groups in total. The average molecular weight is 378 g/mol. The van der Waals surface area contributed by atoms with Gasteiger partial charge >= 0.3 is 6.18 Å². The Morgan fingerprint density at radius 2 is 1.78 bits per heavy atom. The topological polar surface area (TPSA) is 24.5 Å². The van der Waals surface area contributed by atoms with Crippen molar-refractivity contribution in [3.8, 4) is 5.75 Å². The van der Waals surface area contributed by atoms with Crippen molar-refractivity contribution in [1.29, 1.82) is 0 Å². The molecule has 0 radical (unpaired) electrons. The second-order valence-corrected chi connectivity index (χ2v) is 6.63. The fourth-order valence-corrected chi connectivity index (χ4v) is 3.62. The molecule has 3 rings (SSSR count). The van der Waals surface area contributed by atoms with E-state index in [1.807, 2.05) is 31.2 Å². The molecule has 0 saturated carbocycles. The molecule has 1 unspecified atom stereocenters. The highest BCUT2D eigenvalue weighted by Crippen LogP contribution is 2.39. The first-order valence-corrected chi connectivity index (χ1v) is 9.34. The van der Waals surface area contributed by atoms with Crippen molar-refractivity contribution in [3.63, 3.8) is 0 Å². The fraction of sp³-hybridized carbons (Fsp3) is 0.429. The molecule has 1 fully saturated rings. The number of nitrogens with zero attached hydrogens (tertiary/aromatic N) is 1. The maximum absolute atomic E-state index is 13.7. The molecule has 1 atom stereocenters. The van der Waals surface area contributed by atoms with Gasteiger partial charge < -0.3 is 10.1 Å². The lowest BCUT2D eigenvalue weighted by atomic mass is 9.92. The van der Waals surface area contributed by atoms with Gasteiger partial charge in [0, 0.05) is 19.6 Å². The Morgan fingerprint density at radius 1 is 1.04 bits per heavy atom. The number of hydrogen-bond donors (Lipinski definition) is 1. The van der Waals surface area contributed by atoms with E-state index in [0.29, 0.717) is 18.7 Å². The summed E-state index contributed by atoms with van der Waals surface area (Å²) in [6, 6.07) is 12.9. The number of benzene rings is 2. The molecular formula is C21H25F3N2O. The van der Waals surface area contributed by atoms with Crippen molar-refractivity contribution in [2.45, 2.75) is 25.6 Å². The van der Waals surface area contributed by atoms with Gasteiger partial charge in [-0.25, -0.2) is 0 Å². The third-order valence-corrected chi connectivity index (χ3v) is 4.81. The van der Waals surface area contributed by atoms with Crippen molar-refractivity contribution in [3.05, 3.63) is 65.2 Å². The van der Waals surface area contributed by atoms with Gasteiger partial charge in [0.15, 0.2) is 0 Å². The average Bonchev–Trinajstić information content (AvgIpc) is 2.93. The highest BCUT2D eigenvalue weighted by molar-refractivity contribution is 5.41. The zero-order chi connectivity index (χ0) is 19.3. The SMILES string of the molecule is CCOc1ccc(C(c2ccccc2C(F)(F)F)N2CCCNCC2)cc1. The molecule has 6 heteroatoms. The minimum atomic E-state index is -4.38. The van der Waals surface area contributed by atoms with E-state index in [4.69, 9.17) is 4.74 Å². The zero-order valence-corrected chi connectivity index (χ0v) is 15.4. The van der Waals surface area contributed by atoms with Crippen LogP contribution in [0.1, 0.15) is 36.1 Å². The molecule has 1 aliphatic rings. The van der Waals surface area contributed by atoms with Crippen LogP contribution in [0.15, 0.2) is 48.5 Å². The minimum Gasteiger partial charge on any atom is -0.494 e. The van der Waals surface area contributed by atoms with Gasteiger partial charge in [0.1, 0.15) is 5.75 Å². The van der Waals surface area contributed by atoms with Crippen LogP contribution in [0, 0.1) is 0 Å². The number of alkyl halides is 3. The highest BCUT2D eigenvalue weighted by Gasteiger charge is 2.37. The van der Waals surface area contributed by atoms with Gasteiger partial charge in [-0.05, 0) is 49.2 Å². The van der Waals surface area contributed by atoms with E-state index in [1.165, 1.54) is 12.1 Å². The van der Waals surface area contributed by atoms with E-state index in [1.54, 1.807) is 12.1 Å². The first-order chi connectivity index (χ1) is 13.0. The summed E-state index contributed by atoms with van der Waals surface area (Å²) < 4.78 is 46.5. The first-order valence-electron chi connectivity index (χ1n) is 9.34. The second-order valence-electron chi connectivity index (χ2n) is 6.63. The predicted molar refractivity (Wildman–Crippen MR) is 100.0 cm³/mol. The predicted octanol–water partition coefficient (Wildman–Crippen LogP) is 4.49. The summed E-state index contributed by atoms with van der Waals surface area (Å²) >= 11 is 0. The summed E-state index contributed by atoms with van der Waals surface area (Å²) in [5.41, 5.74) is 0.578. The molecular weight excluding hydrogens is 353 g/mol. The normalized spacial score (nSPS) is 17.3. The maximum Gasteiger partial charge on any atom is 0.416 e. The number of nitrogens with one attached hydrogen (secondary N) is 1. The van der Waals surface area contributed by atoms with Gasteiger partial charge in [0.2, 0.25) is 0 Å². The van der Waals surface area contributed by atoms with Gasteiger partial charge in [0.05, 0.1) is 18.2 Å². The van der Waals surface area contributed by atoms with Gasteiger partial charge in [-0.1, -0.05) is 30.3 Å². The molecule has 146 valence electrons.